The van der Waals surface area contributed by atoms with E-state index in [1.54, 1.807) is 13.0 Å². The maximum Gasteiger partial charge on any atom is 0.248 e. The van der Waals surface area contributed by atoms with Gasteiger partial charge in [0.05, 0.1) is 0 Å². The zero-order chi connectivity index (χ0) is 27.6. The fourth-order valence-electron chi connectivity index (χ4n) is 5.09. The number of carbonyl (C=O) groups is 1. The number of aryl methyl sites for hydroxylation is 4. The summed E-state index contributed by atoms with van der Waals surface area (Å²) >= 11 is 0. The molecule has 38 heavy (non-hydrogen) atoms. The van der Waals surface area contributed by atoms with Crippen molar-refractivity contribution >= 4 is 33.8 Å². The minimum Gasteiger partial charge on any atom is -0.355 e. The second-order valence-electron chi connectivity index (χ2n) is 10.6. The zero-order valence-electron chi connectivity index (χ0n) is 23.0. The Hall–Kier alpha value is -3.23. The summed E-state index contributed by atoms with van der Waals surface area (Å²) in [5, 5.41) is 6.94. The predicted octanol–water partition coefficient (Wildman–Crippen LogP) is 6.24. The van der Waals surface area contributed by atoms with Gasteiger partial charge in [-0.25, -0.2) is 8.42 Å². The molecule has 0 bridgehead atoms. The van der Waals surface area contributed by atoms with Crippen LogP contribution in [0.15, 0.2) is 45.8 Å². The normalized spacial score (nSPS) is 15.4. The van der Waals surface area contributed by atoms with Crippen LogP contribution >= 0.6 is 0 Å². The van der Waals surface area contributed by atoms with E-state index in [1.807, 2.05) is 44.2 Å². The van der Waals surface area contributed by atoms with Crippen molar-refractivity contribution < 1.29 is 17.7 Å². The highest BCUT2D eigenvalue weighted by Crippen LogP contribution is 2.30. The number of carbonyl (C=O) groups excluding carboxylic acids is 1. The molecule has 4 rings (SSSR count). The Morgan fingerprint density at radius 1 is 1.03 bits per heavy atom. The van der Waals surface area contributed by atoms with Gasteiger partial charge in [0, 0.05) is 24.7 Å². The first-order valence-corrected chi connectivity index (χ1v) is 14.5. The summed E-state index contributed by atoms with van der Waals surface area (Å²) in [5.74, 6) is 0.313. The number of anilines is 1. The van der Waals surface area contributed by atoms with E-state index in [2.05, 4.69) is 43.4 Å². The minimum absolute atomic E-state index is 0.0760. The maximum atomic E-state index is 13.6. The van der Waals surface area contributed by atoms with Crippen LogP contribution in [0.1, 0.15) is 71.9 Å². The summed E-state index contributed by atoms with van der Waals surface area (Å²) in [4.78, 5) is 12.9. The zero-order valence-corrected chi connectivity index (χ0v) is 23.9. The Kier molecular flexibility index (Phi) is 8.23. The lowest BCUT2D eigenvalue weighted by Crippen LogP contribution is -2.41. The molecule has 202 valence electrons. The molecule has 1 amide bonds. The Balaban J connectivity index is 1.45. The molecule has 1 N–H and O–H groups in total. The topological polar surface area (TPSA) is 92.5 Å². The van der Waals surface area contributed by atoms with Gasteiger partial charge in [-0.15, -0.1) is 0 Å². The van der Waals surface area contributed by atoms with Gasteiger partial charge in [-0.3, -0.25) is 4.79 Å². The standard InChI is InChI=1S/C30H37N3O4S/c1-19(2)24-7-9-26(10-8-24)31-30(34)25-13-15-33(16-14-25)38(35,36)29-23(6)32-37-28(29)12-11-27-21(4)17-20(3)18-22(27)5/h7-12,17-19,25H,13-16H2,1-6H3,(H,31,34). The number of amides is 1. The third-order valence-corrected chi connectivity index (χ3v) is 9.30. The van der Waals surface area contributed by atoms with Crippen molar-refractivity contribution in [3.63, 3.8) is 0 Å². The first kappa shape index (κ1) is 27.8. The summed E-state index contributed by atoms with van der Waals surface area (Å²) in [6.07, 6.45) is 4.47. The van der Waals surface area contributed by atoms with Crippen LogP contribution in [0.2, 0.25) is 0 Å². The molecule has 0 aliphatic carbocycles. The maximum absolute atomic E-state index is 13.6. The lowest BCUT2D eigenvalue weighted by molar-refractivity contribution is -0.120. The van der Waals surface area contributed by atoms with Crippen molar-refractivity contribution in [1.29, 1.82) is 0 Å². The van der Waals surface area contributed by atoms with Gasteiger partial charge in [-0.05, 0) is 86.9 Å². The molecule has 0 atom stereocenters. The van der Waals surface area contributed by atoms with E-state index in [0.717, 1.165) is 22.4 Å². The van der Waals surface area contributed by atoms with Crippen molar-refractivity contribution in [2.24, 2.45) is 5.92 Å². The summed E-state index contributed by atoms with van der Waals surface area (Å²) < 4.78 is 34.1. The van der Waals surface area contributed by atoms with Gasteiger partial charge in [0.1, 0.15) is 5.69 Å². The fourth-order valence-corrected chi connectivity index (χ4v) is 6.81. The Morgan fingerprint density at radius 2 is 1.63 bits per heavy atom. The second kappa shape index (κ2) is 11.3. The summed E-state index contributed by atoms with van der Waals surface area (Å²) in [5.41, 5.74) is 6.71. The molecular formula is C30H37N3O4S. The summed E-state index contributed by atoms with van der Waals surface area (Å²) in [7, 11) is -3.84. The number of sulfonamides is 1. The van der Waals surface area contributed by atoms with Crippen LogP contribution in [-0.4, -0.2) is 36.9 Å². The number of hydrogen-bond donors (Lipinski definition) is 1. The van der Waals surface area contributed by atoms with Gasteiger partial charge in [-0.1, -0.05) is 54.9 Å². The Labute approximate surface area is 226 Å². The van der Waals surface area contributed by atoms with Gasteiger partial charge < -0.3 is 9.84 Å². The van der Waals surface area contributed by atoms with E-state index in [9.17, 15) is 13.2 Å². The molecule has 1 aliphatic rings. The molecular weight excluding hydrogens is 498 g/mol. The molecule has 8 heteroatoms. The van der Waals surface area contributed by atoms with Crippen molar-refractivity contribution in [2.45, 2.75) is 65.2 Å². The fraction of sp³-hybridized carbons (Fsp3) is 0.400. The number of benzene rings is 2. The average Bonchev–Trinajstić information content (AvgIpc) is 3.24. The molecule has 2 aromatic carbocycles. The van der Waals surface area contributed by atoms with Gasteiger partial charge in [0.15, 0.2) is 10.7 Å². The first-order valence-electron chi connectivity index (χ1n) is 13.1. The highest BCUT2D eigenvalue weighted by atomic mass is 32.2. The van der Waals surface area contributed by atoms with E-state index >= 15 is 0 Å². The van der Waals surface area contributed by atoms with E-state index < -0.39 is 10.0 Å². The third kappa shape index (κ3) is 5.92. The van der Waals surface area contributed by atoms with Crippen LogP contribution in [0.25, 0.3) is 12.2 Å². The largest absolute Gasteiger partial charge is 0.355 e. The van der Waals surface area contributed by atoms with Crippen LogP contribution in [-0.2, 0) is 14.8 Å². The molecule has 2 heterocycles. The first-order chi connectivity index (χ1) is 18.0. The number of nitrogens with zero attached hydrogens (tertiary/aromatic N) is 2. The van der Waals surface area contributed by atoms with Crippen molar-refractivity contribution in [1.82, 2.24) is 9.46 Å². The quantitative estimate of drug-likeness (QED) is 0.387. The number of rotatable bonds is 7. The molecule has 0 radical (unpaired) electrons. The van der Waals surface area contributed by atoms with E-state index in [-0.39, 0.29) is 35.6 Å². The van der Waals surface area contributed by atoms with E-state index in [0.29, 0.717) is 24.5 Å². The highest BCUT2D eigenvalue weighted by Gasteiger charge is 2.36. The second-order valence-corrected chi connectivity index (χ2v) is 12.4. The van der Waals surface area contributed by atoms with Gasteiger partial charge in [0.2, 0.25) is 15.9 Å². The molecule has 7 nitrogen and oxygen atoms in total. The molecule has 0 unspecified atom stereocenters. The van der Waals surface area contributed by atoms with E-state index in [4.69, 9.17) is 4.52 Å². The lowest BCUT2D eigenvalue weighted by Gasteiger charge is -2.30. The van der Waals surface area contributed by atoms with Crippen LogP contribution in [0.4, 0.5) is 5.69 Å². The molecule has 1 aromatic heterocycles. The molecule has 0 saturated carbocycles. The van der Waals surface area contributed by atoms with Crippen molar-refractivity contribution in [3.05, 3.63) is 75.7 Å². The monoisotopic (exact) mass is 535 g/mol. The van der Waals surface area contributed by atoms with Crippen LogP contribution in [0.3, 0.4) is 0 Å². The number of piperidine rings is 1. The molecule has 3 aromatic rings. The van der Waals surface area contributed by atoms with Crippen LogP contribution in [0.5, 0.6) is 0 Å². The van der Waals surface area contributed by atoms with Crippen LogP contribution < -0.4 is 5.32 Å². The minimum atomic E-state index is -3.84. The average molecular weight is 536 g/mol. The predicted molar refractivity (Wildman–Crippen MR) is 151 cm³/mol. The molecule has 1 saturated heterocycles. The SMILES string of the molecule is Cc1cc(C)c(C=Cc2onc(C)c2S(=O)(=O)N2CCC(C(=O)Nc3ccc(C(C)C)cc3)CC2)c(C)c1. The van der Waals surface area contributed by atoms with Crippen LogP contribution in [0, 0.1) is 33.6 Å². The van der Waals surface area contributed by atoms with E-state index in [1.165, 1.54) is 15.4 Å². The highest BCUT2D eigenvalue weighted by molar-refractivity contribution is 7.89. The number of aromatic nitrogens is 1. The Bertz CT molecular complexity index is 1420. The van der Waals surface area contributed by atoms with Gasteiger partial charge in [-0.2, -0.15) is 4.31 Å². The number of hydrogen-bond acceptors (Lipinski definition) is 5. The van der Waals surface area contributed by atoms with Gasteiger partial charge >= 0.3 is 0 Å². The summed E-state index contributed by atoms with van der Waals surface area (Å²) in [6.45, 7) is 12.5. The lowest BCUT2D eigenvalue weighted by atomic mass is 9.97. The molecule has 1 aliphatic heterocycles. The third-order valence-electron chi connectivity index (χ3n) is 7.24. The van der Waals surface area contributed by atoms with Gasteiger partial charge in [0.25, 0.3) is 0 Å². The smallest absolute Gasteiger partial charge is 0.248 e. The van der Waals surface area contributed by atoms with Crippen molar-refractivity contribution in [2.75, 3.05) is 18.4 Å². The number of nitrogens with one attached hydrogen (secondary N) is 1. The van der Waals surface area contributed by atoms with Crippen molar-refractivity contribution in [3.8, 4) is 0 Å². The Morgan fingerprint density at radius 3 is 2.21 bits per heavy atom. The summed E-state index contributed by atoms with van der Waals surface area (Å²) in [6, 6.07) is 12.1. The molecule has 1 fully saturated rings. The molecule has 0 spiro atoms.